The maximum absolute atomic E-state index is 12.8. The van der Waals surface area contributed by atoms with Crippen LogP contribution in [0, 0.1) is 19.3 Å². The second-order valence-electron chi connectivity index (χ2n) is 7.95. The summed E-state index contributed by atoms with van der Waals surface area (Å²) in [5.41, 5.74) is 3.79. The van der Waals surface area contributed by atoms with E-state index in [0.717, 1.165) is 27.8 Å². The first kappa shape index (κ1) is 18.2. The van der Waals surface area contributed by atoms with E-state index >= 15 is 0 Å². The van der Waals surface area contributed by atoms with Gasteiger partial charge in [-0.3, -0.25) is 4.79 Å². The summed E-state index contributed by atoms with van der Waals surface area (Å²) in [4.78, 5) is 12.8. The highest BCUT2D eigenvalue weighted by molar-refractivity contribution is 6.10. The van der Waals surface area contributed by atoms with Crippen LogP contribution in [0.1, 0.15) is 42.3 Å². The molecule has 0 bridgehead atoms. The fourth-order valence-corrected chi connectivity index (χ4v) is 3.13. The van der Waals surface area contributed by atoms with Crippen molar-refractivity contribution in [3.05, 3.63) is 65.4 Å². The molecule has 136 valence electrons. The lowest BCUT2D eigenvalue weighted by Gasteiger charge is -2.15. The van der Waals surface area contributed by atoms with Gasteiger partial charge in [0.2, 0.25) is 0 Å². The standard InChI is InChI=1S/C23H27NO2/c1-16-10-11-17(2)21(14-16)26-13-12-24-15-19(22(25)23(3,4)5)18-8-6-7-9-20(18)24/h6-11,14-15H,12-13H2,1-5H3. The number of hydrogen-bond acceptors (Lipinski definition) is 2. The SMILES string of the molecule is Cc1ccc(C)c(OCCn2cc(C(=O)C(C)(C)C)c3ccccc32)c1. The van der Waals surface area contributed by atoms with E-state index in [9.17, 15) is 4.79 Å². The Kier molecular flexibility index (Phi) is 4.90. The Balaban J connectivity index is 1.84. The van der Waals surface area contributed by atoms with Crippen LogP contribution in [0.4, 0.5) is 0 Å². The molecule has 1 heterocycles. The van der Waals surface area contributed by atoms with E-state index in [1.165, 1.54) is 5.56 Å². The zero-order chi connectivity index (χ0) is 18.9. The van der Waals surface area contributed by atoms with E-state index < -0.39 is 5.41 Å². The van der Waals surface area contributed by atoms with Crippen molar-refractivity contribution in [2.75, 3.05) is 6.61 Å². The number of aromatic nitrogens is 1. The number of rotatable bonds is 5. The minimum Gasteiger partial charge on any atom is -0.491 e. The number of aryl methyl sites for hydroxylation is 2. The molecule has 0 unspecified atom stereocenters. The third-order valence-corrected chi connectivity index (χ3v) is 4.65. The lowest BCUT2D eigenvalue weighted by molar-refractivity contribution is 0.0860. The normalized spacial score (nSPS) is 11.7. The van der Waals surface area contributed by atoms with E-state index in [0.29, 0.717) is 13.2 Å². The first-order chi connectivity index (χ1) is 12.3. The molecule has 0 spiro atoms. The van der Waals surface area contributed by atoms with Crippen LogP contribution in [0.25, 0.3) is 10.9 Å². The summed E-state index contributed by atoms with van der Waals surface area (Å²) in [6.45, 7) is 11.3. The van der Waals surface area contributed by atoms with Gasteiger partial charge in [-0.15, -0.1) is 0 Å². The smallest absolute Gasteiger partial charge is 0.170 e. The van der Waals surface area contributed by atoms with Gasteiger partial charge < -0.3 is 9.30 Å². The number of nitrogens with zero attached hydrogens (tertiary/aromatic N) is 1. The van der Waals surface area contributed by atoms with Crippen LogP contribution >= 0.6 is 0 Å². The molecule has 3 heteroatoms. The van der Waals surface area contributed by atoms with Gasteiger partial charge in [-0.05, 0) is 37.1 Å². The van der Waals surface area contributed by atoms with Crippen LogP contribution in [-0.2, 0) is 6.54 Å². The summed E-state index contributed by atoms with van der Waals surface area (Å²) in [7, 11) is 0. The number of benzene rings is 2. The molecule has 0 aliphatic rings. The minimum atomic E-state index is -0.399. The average Bonchev–Trinajstić information content (AvgIpc) is 2.95. The fraction of sp³-hybridized carbons (Fsp3) is 0.348. The average molecular weight is 349 g/mol. The molecule has 3 aromatic rings. The van der Waals surface area contributed by atoms with Gasteiger partial charge in [-0.2, -0.15) is 0 Å². The van der Waals surface area contributed by atoms with E-state index in [2.05, 4.69) is 42.7 Å². The number of ketones is 1. The van der Waals surface area contributed by atoms with Crippen LogP contribution in [0.15, 0.2) is 48.7 Å². The molecule has 0 amide bonds. The van der Waals surface area contributed by atoms with Crippen molar-refractivity contribution >= 4 is 16.7 Å². The number of para-hydroxylation sites is 1. The second-order valence-corrected chi connectivity index (χ2v) is 7.95. The zero-order valence-electron chi connectivity index (χ0n) is 16.3. The molecule has 0 aliphatic carbocycles. The first-order valence-corrected chi connectivity index (χ1v) is 9.10. The van der Waals surface area contributed by atoms with E-state index in [1.807, 2.05) is 45.2 Å². The van der Waals surface area contributed by atoms with Gasteiger partial charge in [-0.1, -0.05) is 51.1 Å². The Hall–Kier alpha value is -2.55. The second kappa shape index (κ2) is 6.99. The van der Waals surface area contributed by atoms with Crippen LogP contribution in [0.5, 0.6) is 5.75 Å². The molecule has 1 aromatic heterocycles. The molecular formula is C23H27NO2. The summed E-state index contributed by atoms with van der Waals surface area (Å²) in [6.07, 6.45) is 1.98. The Morgan fingerprint density at radius 1 is 1.08 bits per heavy atom. The molecule has 26 heavy (non-hydrogen) atoms. The fourth-order valence-electron chi connectivity index (χ4n) is 3.13. The van der Waals surface area contributed by atoms with Crippen molar-refractivity contribution < 1.29 is 9.53 Å². The number of Topliss-reactive ketones (excluding diaryl/α,β-unsaturated/α-hetero) is 1. The minimum absolute atomic E-state index is 0.169. The molecule has 0 atom stereocenters. The maximum Gasteiger partial charge on any atom is 0.170 e. The maximum atomic E-state index is 12.8. The van der Waals surface area contributed by atoms with Crippen LogP contribution in [-0.4, -0.2) is 17.0 Å². The molecule has 0 N–H and O–H groups in total. The molecule has 2 aromatic carbocycles. The molecule has 0 fully saturated rings. The highest BCUT2D eigenvalue weighted by Gasteiger charge is 2.26. The third-order valence-electron chi connectivity index (χ3n) is 4.65. The number of carbonyl (C=O) groups is 1. The molecule has 3 rings (SSSR count). The summed E-state index contributed by atoms with van der Waals surface area (Å²) >= 11 is 0. The zero-order valence-corrected chi connectivity index (χ0v) is 16.3. The first-order valence-electron chi connectivity index (χ1n) is 9.10. The molecule has 0 saturated heterocycles. The molecular weight excluding hydrogens is 322 g/mol. The number of carbonyl (C=O) groups excluding carboxylic acids is 1. The van der Waals surface area contributed by atoms with Crippen molar-refractivity contribution in [2.45, 2.75) is 41.2 Å². The largest absolute Gasteiger partial charge is 0.491 e. The molecule has 0 aliphatic heterocycles. The summed E-state index contributed by atoms with van der Waals surface area (Å²) < 4.78 is 8.13. The lowest BCUT2D eigenvalue weighted by Crippen LogP contribution is -2.20. The third kappa shape index (κ3) is 3.67. The Morgan fingerprint density at radius 2 is 1.81 bits per heavy atom. The van der Waals surface area contributed by atoms with Crippen LogP contribution < -0.4 is 4.74 Å². The topological polar surface area (TPSA) is 31.2 Å². The van der Waals surface area contributed by atoms with E-state index in [4.69, 9.17) is 4.74 Å². The molecule has 0 saturated carbocycles. The predicted molar refractivity (Wildman–Crippen MR) is 107 cm³/mol. The van der Waals surface area contributed by atoms with Crippen LogP contribution in [0.2, 0.25) is 0 Å². The lowest BCUT2D eigenvalue weighted by atomic mass is 9.86. The van der Waals surface area contributed by atoms with E-state index in [1.54, 1.807) is 0 Å². The van der Waals surface area contributed by atoms with Gasteiger partial charge in [0.1, 0.15) is 12.4 Å². The highest BCUT2D eigenvalue weighted by Crippen LogP contribution is 2.28. The van der Waals surface area contributed by atoms with E-state index in [-0.39, 0.29) is 5.78 Å². The quantitative estimate of drug-likeness (QED) is 0.564. The Bertz CT molecular complexity index is 944. The molecule has 0 radical (unpaired) electrons. The predicted octanol–water partition coefficient (Wildman–Crippen LogP) is 5.57. The molecule has 3 nitrogen and oxygen atoms in total. The van der Waals surface area contributed by atoms with Crippen LogP contribution in [0.3, 0.4) is 0 Å². The van der Waals surface area contributed by atoms with Crippen molar-refractivity contribution in [3.63, 3.8) is 0 Å². The number of ether oxygens (including phenoxy) is 1. The van der Waals surface area contributed by atoms with Gasteiger partial charge in [0.05, 0.1) is 6.54 Å². The Labute approximate surface area is 155 Å². The monoisotopic (exact) mass is 349 g/mol. The summed E-state index contributed by atoms with van der Waals surface area (Å²) in [6, 6.07) is 14.3. The summed E-state index contributed by atoms with van der Waals surface area (Å²) in [5, 5.41) is 1.01. The number of hydrogen-bond donors (Lipinski definition) is 0. The highest BCUT2D eigenvalue weighted by atomic mass is 16.5. The van der Waals surface area contributed by atoms with Gasteiger partial charge in [0.15, 0.2) is 5.78 Å². The van der Waals surface area contributed by atoms with Crippen molar-refractivity contribution in [3.8, 4) is 5.75 Å². The van der Waals surface area contributed by atoms with Crippen molar-refractivity contribution in [1.82, 2.24) is 4.57 Å². The van der Waals surface area contributed by atoms with Gasteiger partial charge in [-0.25, -0.2) is 0 Å². The van der Waals surface area contributed by atoms with Gasteiger partial charge in [0, 0.05) is 28.1 Å². The van der Waals surface area contributed by atoms with Crippen molar-refractivity contribution in [2.24, 2.45) is 5.41 Å². The Morgan fingerprint density at radius 3 is 2.54 bits per heavy atom. The number of fused-ring (bicyclic) bond motifs is 1. The van der Waals surface area contributed by atoms with Crippen molar-refractivity contribution in [1.29, 1.82) is 0 Å². The summed E-state index contributed by atoms with van der Waals surface area (Å²) in [5.74, 6) is 1.09. The van der Waals surface area contributed by atoms with Gasteiger partial charge >= 0.3 is 0 Å². The van der Waals surface area contributed by atoms with Gasteiger partial charge in [0.25, 0.3) is 0 Å².